The topological polar surface area (TPSA) is 90.7 Å². The molecule has 1 aromatic carbocycles. The molecule has 3 aromatic rings. The highest BCUT2D eigenvalue weighted by Gasteiger charge is 2.16. The molecule has 0 aliphatic carbocycles. The Labute approximate surface area is 165 Å². The minimum absolute atomic E-state index is 0.171. The van der Waals surface area contributed by atoms with Crippen molar-refractivity contribution < 1.29 is 18.7 Å². The first-order valence-corrected chi connectivity index (χ1v) is 9.39. The molecule has 1 amide bonds. The van der Waals surface area contributed by atoms with E-state index >= 15 is 0 Å². The first-order chi connectivity index (χ1) is 13.4. The van der Waals surface area contributed by atoms with Gasteiger partial charge in [-0.2, -0.15) is 0 Å². The fourth-order valence-electron chi connectivity index (χ4n) is 2.64. The maximum Gasteiger partial charge on any atom is 0.348 e. The van der Waals surface area contributed by atoms with E-state index in [2.05, 4.69) is 10.3 Å². The van der Waals surface area contributed by atoms with Gasteiger partial charge in [0.2, 0.25) is 11.8 Å². The molecule has 0 fully saturated rings. The van der Waals surface area contributed by atoms with Crippen molar-refractivity contribution in [1.82, 2.24) is 10.3 Å². The number of fused-ring (bicyclic) bond motifs is 1. The van der Waals surface area contributed by atoms with Crippen LogP contribution in [0, 0.1) is 6.92 Å². The number of benzene rings is 1. The van der Waals surface area contributed by atoms with Crippen molar-refractivity contribution in [1.29, 1.82) is 0 Å². The number of thiophene rings is 1. The second-order valence-electron chi connectivity index (χ2n) is 6.15. The Bertz CT molecular complexity index is 1080. The van der Waals surface area contributed by atoms with Gasteiger partial charge in [0.1, 0.15) is 22.4 Å². The van der Waals surface area contributed by atoms with Gasteiger partial charge in [0, 0.05) is 12.1 Å². The number of hydrogen-bond donors (Lipinski definition) is 1. The van der Waals surface area contributed by atoms with Crippen LogP contribution in [0.25, 0.3) is 16.3 Å². The smallest absolute Gasteiger partial charge is 0.348 e. The molecule has 1 unspecified atom stereocenters. The summed E-state index contributed by atoms with van der Waals surface area (Å²) in [4.78, 5) is 29.4. The maximum absolute atomic E-state index is 12.3. The van der Waals surface area contributed by atoms with Gasteiger partial charge in [-0.1, -0.05) is 0 Å². The van der Waals surface area contributed by atoms with E-state index in [9.17, 15) is 9.59 Å². The van der Waals surface area contributed by atoms with E-state index in [-0.39, 0.29) is 11.8 Å². The van der Waals surface area contributed by atoms with Crippen molar-refractivity contribution in [2.75, 3.05) is 14.2 Å². The number of carbonyl (C=O) groups is 1. The maximum atomic E-state index is 12.3. The zero-order valence-corrected chi connectivity index (χ0v) is 16.8. The Morgan fingerprint density at radius 2 is 1.93 bits per heavy atom. The van der Waals surface area contributed by atoms with E-state index in [1.807, 2.05) is 12.3 Å². The fourth-order valence-corrected chi connectivity index (χ4v) is 3.55. The van der Waals surface area contributed by atoms with Crippen LogP contribution in [0.5, 0.6) is 11.5 Å². The van der Waals surface area contributed by atoms with Crippen LogP contribution >= 0.6 is 11.3 Å². The van der Waals surface area contributed by atoms with Crippen molar-refractivity contribution >= 4 is 33.5 Å². The highest BCUT2D eigenvalue weighted by molar-refractivity contribution is 7.16. The van der Waals surface area contributed by atoms with Crippen LogP contribution in [0.3, 0.4) is 0 Å². The molecule has 146 valence electrons. The molecule has 3 rings (SSSR count). The van der Waals surface area contributed by atoms with Crippen molar-refractivity contribution in [2.45, 2.75) is 19.9 Å². The monoisotopic (exact) mass is 400 g/mol. The van der Waals surface area contributed by atoms with Gasteiger partial charge in [0.05, 0.1) is 19.6 Å². The third-order valence-electron chi connectivity index (χ3n) is 4.10. The van der Waals surface area contributed by atoms with E-state index in [0.717, 1.165) is 11.1 Å². The molecule has 0 spiro atoms. The van der Waals surface area contributed by atoms with Crippen molar-refractivity contribution in [3.05, 3.63) is 57.1 Å². The molecule has 0 bridgehead atoms. The zero-order chi connectivity index (χ0) is 20.3. The number of nitrogens with one attached hydrogen (secondary N) is 1. The molecule has 0 saturated heterocycles. The molecule has 1 atom stereocenters. The summed E-state index contributed by atoms with van der Waals surface area (Å²) in [6, 6.07) is 4.75. The van der Waals surface area contributed by atoms with Crippen LogP contribution in [0.2, 0.25) is 0 Å². The predicted octanol–water partition coefficient (Wildman–Crippen LogP) is 3.47. The number of rotatable bonds is 6. The summed E-state index contributed by atoms with van der Waals surface area (Å²) in [5.41, 5.74) is 1.14. The molecule has 28 heavy (non-hydrogen) atoms. The Hall–Kier alpha value is -3.13. The Kier molecular flexibility index (Phi) is 5.79. The number of ether oxygens (including phenoxy) is 2. The summed E-state index contributed by atoms with van der Waals surface area (Å²) in [6.45, 7) is 3.54. The van der Waals surface area contributed by atoms with Gasteiger partial charge in [-0.05, 0) is 48.6 Å². The summed E-state index contributed by atoms with van der Waals surface area (Å²) >= 11 is 1.37. The summed E-state index contributed by atoms with van der Waals surface area (Å²) < 4.78 is 15.7. The molecule has 7 nitrogen and oxygen atoms in total. The molecular weight excluding hydrogens is 380 g/mol. The number of carbonyl (C=O) groups excluding carboxylic acids is 1. The van der Waals surface area contributed by atoms with Gasteiger partial charge in [-0.15, -0.1) is 11.3 Å². The van der Waals surface area contributed by atoms with E-state index in [1.165, 1.54) is 17.4 Å². The highest BCUT2D eigenvalue weighted by atomic mass is 32.1. The molecule has 1 N–H and O–H groups in total. The lowest BCUT2D eigenvalue weighted by atomic mass is 10.2. The van der Waals surface area contributed by atoms with Gasteiger partial charge in [0.15, 0.2) is 0 Å². The molecular formula is C20H20N2O5S. The fraction of sp³-hybridized carbons (Fsp3) is 0.250. The van der Waals surface area contributed by atoms with Gasteiger partial charge in [0.25, 0.3) is 0 Å². The van der Waals surface area contributed by atoms with Crippen molar-refractivity contribution in [2.24, 2.45) is 0 Å². The average molecular weight is 400 g/mol. The minimum atomic E-state index is -0.559. The number of nitrogens with zero attached hydrogens (tertiary/aromatic N) is 1. The summed E-state index contributed by atoms with van der Waals surface area (Å²) in [6.07, 6.45) is 3.03. The first kappa shape index (κ1) is 19.6. The second-order valence-corrected chi connectivity index (χ2v) is 7.01. The Morgan fingerprint density at radius 3 is 2.57 bits per heavy atom. The van der Waals surface area contributed by atoms with Crippen LogP contribution in [0.15, 0.2) is 38.9 Å². The van der Waals surface area contributed by atoms with E-state index in [0.29, 0.717) is 21.7 Å². The van der Waals surface area contributed by atoms with Crippen LogP contribution in [0.1, 0.15) is 30.0 Å². The van der Waals surface area contributed by atoms with Crippen LogP contribution < -0.4 is 20.4 Å². The molecule has 0 radical (unpaired) electrons. The van der Waals surface area contributed by atoms with Crippen LogP contribution in [-0.2, 0) is 4.79 Å². The average Bonchev–Trinajstić information content (AvgIpc) is 3.07. The third-order valence-corrected chi connectivity index (χ3v) is 5.09. The normalized spacial score (nSPS) is 12.3. The largest absolute Gasteiger partial charge is 0.497 e. The molecule has 0 aliphatic heterocycles. The Balaban J connectivity index is 1.74. The van der Waals surface area contributed by atoms with E-state index in [1.54, 1.807) is 45.4 Å². The lowest BCUT2D eigenvalue weighted by molar-refractivity contribution is -0.117. The van der Waals surface area contributed by atoms with E-state index in [4.69, 9.17) is 13.9 Å². The van der Waals surface area contributed by atoms with Crippen LogP contribution in [0.4, 0.5) is 0 Å². The van der Waals surface area contributed by atoms with Crippen LogP contribution in [-0.4, -0.2) is 25.1 Å². The molecule has 2 heterocycles. The number of amides is 1. The van der Waals surface area contributed by atoms with Crippen molar-refractivity contribution in [3.63, 3.8) is 0 Å². The number of aryl methyl sites for hydroxylation is 1. The van der Waals surface area contributed by atoms with Gasteiger partial charge in [-0.25, -0.2) is 9.78 Å². The summed E-state index contributed by atoms with van der Waals surface area (Å²) in [7, 11) is 3.12. The third kappa shape index (κ3) is 4.23. The number of hydrogen-bond acceptors (Lipinski definition) is 7. The zero-order valence-electron chi connectivity index (χ0n) is 15.9. The number of aromatic nitrogens is 1. The molecule has 8 heteroatoms. The molecule has 2 aromatic heterocycles. The van der Waals surface area contributed by atoms with Gasteiger partial charge in [-0.3, -0.25) is 4.79 Å². The molecule has 0 aliphatic rings. The first-order valence-electron chi connectivity index (χ1n) is 8.51. The quantitative estimate of drug-likeness (QED) is 0.637. The molecule has 0 saturated carbocycles. The van der Waals surface area contributed by atoms with Crippen molar-refractivity contribution in [3.8, 4) is 11.5 Å². The minimum Gasteiger partial charge on any atom is -0.497 e. The standard InChI is InChI=1S/C20H20N2O5S/c1-11-10-28-19-17(11)20(24)27-18(22-19)12(2)21-16(23)6-5-13-7-14(25-3)9-15(8-13)26-4/h5-10,12H,1-4H3,(H,21,23)/b6-5+. The Morgan fingerprint density at radius 1 is 1.25 bits per heavy atom. The lowest BCUT2D eigenvalue weighted by Crippen LogP contribution is -2.26. The lowest BCUT2D eigenvalue weighted by Gasteiger charge is -2.10. The van der Waals surface area contributed by atoms with E-state index < -0.39 is 11.7 Å². The number of methoxy groups -OCH3 is 2. The van der Waals surface area contributed by atoms with Gasteiger partial charge >= 0.3 is 5.63 Å². The van der Waals surface area contributed by atoms with Gasteiger partial charge < -0.3 is 19.2 Å². The SMILES string of the molecule is COc1cc(/C=C/C(=O)NC(C)c2nc3scc(C)c3c(=O)o2)cc(OC)c1. The highest BCUT2D eigenvalue weighted by Crippen LogP contribution is 2.24. The predicted molar refractivity (Wildman–Crippen MR) is 108 cm³/mol. The summed E-state index contributed by atoms with van der Waals surface area (Å²) in [5, 5.41) is 5.08. The second kappa shape index (κ2) is 8.26. The summed E-state index contributed by atoms with van der Waals surface area (Å²) in [5.74, 6) is 1.07.